The van der Waals surface area contributed by atoms with Gasteiger partial charge in [-0.25, -0.2) is 9.78 Å². The Morgan fingerprint density at radius 1 is 1.48 bits per heavy atom. The van der Waals surface area contributed by atoms with E-state index in [2.05, 4.69) is 25.0 Å². The molecule has 0 aliphatic carbocycles. The van der Waals surface area contributed by atoms with E-state index in [1.54, 1.807) is 0 Å². The highest BCUT2D eigenvalue weighted by atomic mass is 16.5. The first-order valence-electron chi connectivity index (χ1n) is 6.15. The molecule has 0 spiro atoms. The number of nitrogens with one attached hydrogen (secondary N) is 3. The number of rotatable bonds is 5. The lowest BCUT2D eigenvalue weighted by molar-refractivity contribution is -0.142. The van der Waals surface area contributed by atoms with Crippen LogP contribution in [0.1, 0.15) is 16.1 Å². The SMILES string of the molecule is COC(=O)[C@H](Cc1cnc[nH]1)NC(=O)c1c[nH]ccc1=O. The number of pyridine rings is 1. The molecule has 2 rings (SSSR count). The molecule has 2 heterocycles. The second kappa shape index (κ2) is 6.51. The number of imidazole rings is 1. The lowest BCUT2D eigenvalue weighted by atomic mass is 10.1. The molecule has 1 atom stereocenters. The summed E-state index contributed by atoms with van der Waals surface area (Å²) in [6, 6.07) is 0.319. The normalized spacial score (nSPS) is 11.7. The first-order valence-corrected chi connectivity index (χ1v) is 6.15. The van der Waals surface area contributed by atoms with Crippen LogP contribution in [0.4, 0.5) is 0 Å². The van der Waals surface area contributed by atoms with Crippen molar-refractivity contribution in [1.82, 2.24) is 20.3 Å². The molecular weight excluding hydrogens is 276 g/mol. The monoisotopic (exact) mass is 290 g/mol. The van der Waals surface area contributed by atoms with E-state index in [1.165, 1.54) is 38.1 Å². The van der Waals surface area contributed by atoms with Crippen molar-refractivity contribution in [2.45, 2.75) is 12.5 Å². The Balaban J connectivity index is 2.15. The van der Waals surface area contributed by atoms with E-state index in [0.717, 1.165) is 0 Å². The maximum Gasteiger partial charge on any atom is 0.328 e. The summed E-state index contributed by atoms with van der Waals surface area (Å²) in [6.07, 6.45) is 5.89. The first-order chi connectivity index (χ1) is 10.1. The van der Waals surface area contributed by atoms with Crippen molar-refractivity contribution in [2.24, 2.45) is 0 Å². The average molecular weight is 290 g/mol. The highest BCUT2D eigenvalue weighted by Gasteiger charge is 2.24. The number of hydrogen-bond donors (Lipinski definition) is 3. The van der Waals surface area contributed by atoms with Crippen molar-refractivity contribution in [3.05, 3.63) is 52.5 Å². The molecule has 0 bridgehead atoms. The Morgan fingerprint density at radius 3 is 2.90 bits per heavy atom. The number of aromatic amines is 2. The van der Waals surface area contributed by atoms with Crippen molar-refractivity contribution in [1.29, 1.82) is 0 Å². The fraction of sp³-hybridized carbons (Fsp3) is 0.231. The summed E-state index contributed by atoms with van der Waals surface area (Å²) in [5.74, 6) is -1.25. The summed E-state index contributed by atoms with van der Waals surface area (Å²) in [6.45, 7) is 0. The van der Waals surface area contributed by atoms with E-state index in [1.807, 2.05) is 0 Å². The van der Waals surface area contributed by atoms with Gasteiger partial charge < -0.3 is 20.0 Å². The number of hydrogen-bond acceptors (Lipinski definition) is 5. The van der Waals surface area contributed by atoms with Crippen LogP contribution in [0.2, 0.25) is 0 Å². The third-order valence-corrected chi connectivity index (χ3v) is 2.84. The third kappa shape index (κ3) is 3.56. The van der Waals surface area contributed by atoms with Crippen LogP contribution in [0.3, 0.4) is 0 Å². The van der Waals surface area contributed by atoms with E-state index >= 15 is 0 Å². The van der Waals surface area contributed by atoms with Gasteiger partial charge in [0.25, 0.3) is 5.91 Å². The molecule has 110 valence electrons. The summed E-state index contributed by atoms with van der Waals surface area (Å²) in [4.78, 5) is 44.7. The van der Waals surface area contributed by atoms with E-state index < -0.39 is 23.3 Å². The zero-order chi connectivity index (χ0) is 15.2. The minimum absolute atomic E-state index is 0.0731. The van der Waals surface area contributed by atoms with E-state index in [0.29, 0.717) is 5.69 Å². The van der Waals surface area contributed by atoms with E-state index in [-0.39, 0.29) is 12.0 Å². The molecule has 3 N–H and O–H groups in total. The van der Waals surface area contributed by atoms with Crippen molar-refractivity contribution >= 4 is 11.9 Å². The molecule has 2 aromatic heterocycles. The summed E-state index contributed by atoms with van der Waals surface area (Å²) < 4.78 is 4.65. The van der Waals surface area contributed by atoms with Crippen LogP contribution in [0, 0.1) is 0 Å². The molecule has 21 heavy (non-hydrogen) atoms. The summed E-state index contributed by atoms with van der Waals surface area (Å²) >= 11 is 0. The summed E-state index contributed by atoms with van der Waals surface area (Å²) in [5.41, 5.74) is 0.153. The molecule has 8 heteroatoms. The van der Waals surface area contributed by atoms with Gasteiger partial charge in [-0.15, -0.1) is 0 Å². The first kappa shape index (κ1) is 14.5. The predicted molar refractivity (Wildman–Crippen MR) is 72.6 cm³/mol. The number of methoxy groups -OCH3 is 1. The van der Waals surface area contributed by atoms with Crippen LogP contribution in [0.25, 0.3) is 0 Å². The Labute approximate surface area is 119 Å². The number of carbonyl (C=O) groups is 2. The minimum Gasteiger partial charge on any atom is -0.467 e. The number of amides is 1. The van der Waals surface area contributed by atoms with Crippen LogP contribution < -0.4 is 10.7 Å². The van der Waals surface area contributed by atoms with Crippen LogP contribution in [0.15, 0.2) is 35.8 Å². The molecule has 0 saturated heterocycles. The molecule has 0 aromatic carbocycles. The van der Waals surface area contributed by atoms with Gasteiger partial charge in [-0.05, 0) is 0 Å². The molecule has 0 aliphatic heterocycles. The van der Waals surface area contributed by atoms with Gasteiger partial charge in [0.2, 0.25) is 0 Å². The molecular formula is C13H14N4O4. The van der Waals surface area contributed by atoms with Crippen molar-refractivity contribution in [3.8, 4) is 0 Å². The van der Waals surface area contributed by atoms with Crippen molar-refractivity contribution < 1.29 is 14.3 Å². The van der Waals surface area contributed by atoms with Crippen molar-refractivity contribution in [2.75, 3.05) is 7.11 Å². The maximum absolute atomic E-state index is 12.1. The molecule has 0 unspecified atom stereocenters. The smallest absolute Gasteiger partial charge is 0.328 e. The van der Waals surface area contributed by atoms with Crippen molar-refractivity contribution in [3.63, 3.8) is 0 Å². The Bertz CT molecular complexity index is 677. The van der Waals surface area contributed by atoms with Crippen LogP contribution >= 0.6 is 0 Å². The van der Waals surface area contributed by atoms with Gasteiger partial charge in [0.05, 0.1) is 13.4 Å². The molecule has 0 aliphatic rings. The Kier molecular flexibility index (Phi) is 4.50. The molecule has 2 aromatic rings. The lowest BCUT2D eigenvalue weighted by Gasteiger charge is -2.15. The van der Waals surface area contributed by atoms with Gasteiger partial charge in [-0.1, -0.05) is 0 Å². The van der Waals surface area contributed by atoms with Crippen LogP contribution in [-0.4, -0.2) is 40.0 Å². The van der Waals surface area contributed by atoms with Gasteiger partial charge >= 0.3 is 5.97 Å². The van der Waals surface area contributed by atoms with Gasteiger partial charge in [-0.2, -0.15) is 0 Å². The minimum atomic E-state index is -0.914. The number of nitrogens with zero attached hydrogens (tertiary/aromatic N) is 1. The van der Waals surface area contributed by atoms with Gasteiger partial charge in [0.1, 0.15) is 11.6 Å². The second-order valence-electron chi connectivity index (χ2n) is 4.25. The van der Waals surface area contributed by atoms with Gasteiger partial charge in [0, 0.05) is 36.8 Å². The quantitative estimate of drug-likeness (QED) is 0.648. The highest BCUT2D eigenvalue weighted by molar-refractivity contribution is 5.96. The zero-order valence-corrected chi connectivity index (χ0v) is 11.3. The largest absolute Gasteiger partial charge is 0.467 e. The molecule has 0 fully saturated rings. The highest BCUT2D eigenvalue weighted by Crippen LogP contribution is 2.02. The summed E-state index contributed by atoms with van der Waals surface area (Å²) in [7, 11) is 1.23. The second-order valence-corrected chi connectivity index (χ2v) is 4.25. The Hall–Kier alpha value is -2.90. The van der Waals surface area contributed by atoms with Gasteiger partial charge in [0.15, 0.2) is 5.43 Å². The summed E-state index contributed by atoms with van der Waals surface area (Å²) in [5, 5.41) is 2.48. The molecule has 1 amide bonds. The average Bonchev–Trinajstić information content (AvgIpc) is 2.99. The van der Waals surface area contributed by atoms with Crippen LogP contribution in [0.5, 0.6) is 0 Å². The lowest BCUT2D eigenvalue weighted by Crippen LogP contribution is -2.44. The van der Waals surface area contributed by atoms with Gasteiger partial charge in [-0.3, -0.25) is 9.59 Å². The number of H-pyrrole nitrogens is 2. The molecule has 0 saturated carbocycles. The van der Waals surface area contributed by atoms with E-state index in [4.69, 9.17) is 0 Å². The number of ether oxygens (including phenoxy) is 1. The number of aromatic nitrogens is 3. The number of esters is 1. The topological polar surface area (TPSA) is 117 Å². The third-order valence-electron chi connectivity index (χ3n) is 2.84. The van der Waals surface area contributed by atoms with Crippen LogP contribution in [-0.2, 0) is 16.0 Å². The fourth-order valence-corrected chi connectivity index (χ4v) is 1.78. The molecule has 0 radical (unpaired) electrons. The number of carbonyl (C=O) groups excluding carboxylic acids is 2. The Morgan fingerprint density at radius 2 is 2.29 bits per heavy atom. The predicted octanol–water partition coefficient (Wildman–Crippen LogP) is -0.388. The standard InChI is InChI=1S/C13H14N4O4/c1-21-13(20)10(4-8-5-15-7-16-8)17-12(19)9-6-14-3-2-11(9)18/h2-3,5-7,10H,4H2,1H3,(H,14,18)(H,15,16)(H,17,19)/t10-/m0/s1. The molecule has 8 nitrogen and oxygen atoms in total. The zero-order valence-electron chi connectivity index (χ0n) is 11.3. The maximum atomic E-state index is 12.1. The fourth-order valence-electron chi connectivity index (χ4n) is 1.78. The van der Waals surface area contributed by atoms with E-state index in [9.17, 15) is 14.4 Å².